The molecule has 0 spiro atoms. The summed E-state index contributed by atoms with van der Waals surface area (Å²) < 4.78 is 5.22. The molecule has 0 atom stereocenters. The van der Waals surface area contributed by atoms with Crippen LogP contribution in [0.1, 0.15) is 16.1 Å². The summed E-state index contributed by atoms with van der Waals surface area (Å²) in [4.78, 5) is 16.6. The van der Waals surface area contributed by atoms with Crippen LogP contribution in [0.5, 0.6) is 0 Å². The first kappa shape index (κ1) is 12.4. The van der Waals surface area contributed by atoms with Crippen LogP contribution in [0, 0.1) is 0 Å². The van der Waals surface area contributed by atoms with Gasteiger partial charge in [0.25, 0.3) is 0 Å². The van der Waals surface area contributed by atoms with Crippen LogP contribution >= 0.6 is 11.6 Å². The van der Waals surface area contributed by atoms with Crippen molar-refractivity contribution in [1.82, 2.24) is 4.98 Å². The fourth-order valence-corrected chi connectivity index (χ4v) is 1.85. The third-order valence-electron chi connectivity index (χ3n) is 2.40. The summed E-state index contributed by atoms with van der Waals surface area (Å²) in [5, 5.41) is 9.11. The Morgan fingerprint density at radius 1 is 1.61 bits per heavy atom. The van der Waals surface area contributed by atoms with E-state index in [9.17, 15) is 4.79 Å². The largest absolute Gasteiger partial charge is 0.478 e. The van der Waals surface area contributed by atoms with Gasteiger partial charge >= 0.3 is 5.97 Å². The van der Waals surface area contributed by atoms with Gasteiger partial charge in [0.1, 0.15) is 11.6 Å². The zero-order valence-electron chi connectivity index (χ0n) is 9.63. The first-order chi connectivity index (χ1) is 8.58. The van der Waals surface area contributed by atoms with Crippen LogP contribution in [-0.4, -0.2) is 23.1 Å². The summed E-state index contributed by atoms with van der Waals surface area (Å²) in [6, 6.07) is 5.02. The molecule has 0 bridgehead atoms. The van der Waals surface area contributed by atoms with Gasteiger partial charge in [0.15, 0.2) is 0 Å². The summed E-state index contributed by atoms with van der Waals surface area (Å²) >= 11 is 6.01. The van der Waals surface area contributed by atoms with Gasteiger partial charge in [0.2, 0.25) is 0 Å². The van der Waals surface area contributed by atoms with E-state index in [0.29, 0.717) is 17.4 Å². The highest BCUT2D eigenvalue weighted by Crippen LogP contribution is 2.24. The molecule has 0 aliphatic carbocycles. The molecule has 0 unspecified atom stereocenters. The minimum Gasteiger partial charge on any atom is -0.478 e. The molecule has 2 heterocycles. The summed E-state index contributed by atoms with van der Waals surface area (Å²) in [5.41, 5.74) is 0.0650. The summed E-state index contributed by atoms with van der Waals surface area (Å²) in [6.07, 6.45) is 2.87. The van der Waals surface area contributed by atoms with Crippen molar-refractivity contribution in [2.45, 2.75) is 6.54 Å². The molecule has 0 aliphatic rings. The van der Waals surface area contributed by atoms with E-state index < -0.39 is 5.97 Å². The van der Waals surface area contributed by atoms with E-state index in [4.69, 9.17) is 21.1 Å². The smallest absolute Gasteiger partial charge is 0.337 e. The van der Waals surface area contributed by atoms with Crippen LogP contribution in [-0.2, 0) is 6.54 Å². The number of pyridine rings is 1. The number of carbonyl (C=O) groups is 1. The number of rotatable bonds is 4. The molecular formula is C12H11ClN2O3. The molecule has 94 valence electrons. The molecule has 0 saturated heterocycles. The van der Waals surface area contributed by atoms with Crippen LogP contribution in [0.2, 0.25) is 5.02 Å². The number of aromatic nitrogens is 1. The highest BCUT2D eigenvalue weighted by atomic mass is 35.5. The van der Waals surface area contributed by atoms with Crippen LogP contribution < -0.4 is 4.90 Å². The van der Waals surface area contributed by atoms with Crippen molar-refractivity contribution in [2.75, 3.05) is 11.9 Å². The van der Waals surface area contributed by atoms with Crippen molar-refractivity contribution < 1.29 is 14.3 Å². The number of carboxylic acids is 1. The lowest BCUT2D eigenvalue weighted by Crippen LogP contribution is -2.18. The number of halogens is 1. The molecular weight excluding hydrogens is 256 g/mol. The third-order valence-corrected chi connectivity index (χ3v) is 2.68. The number of aromatic carboxylic acids is 1. The summed E-state index contributed by atoms with van der Waals surface area (Å²) in [7, 11) is 1.80. The third kappa shape index (κ3) is 2.62. The lowest BCUT2D eigenvalue weighted by atomic mass is 10.3. The van der Waals surface area contributed by atoms with Gasteiger partial charge in [-0.25, -0.2) is 9.78 Å². The van der Waals surface area contributed by atoms with Crippen molar-refractivity contribution in [3.63, 3.8) is 0 Å². The quantitative estimate of drug-likeness (QED) is 0.921. The molecule has 1 N–H and O–H groups in total. The maximum atomic E-state index is 10.8. The predicted octanol–water partition coefficient (Wildman–Crippen LogP) is 2.66. The minimum atomic E-state index is -1.05. The monoisotopic (exact) mass is 266 g/mol. The summed E-state index contributed by atoms with van der Waals surface area (Å²) in [6.45, 7) is 0.506. The normalized spacial score (nSPS) is 10.3. The SMILES string of the molecule is CN(Cc1ccco1)c1ncc(C(=O)O)cc1Cl. The lowest BCUT2D eigenvalue weighted by Gasteiger charge is -2.18. The highest BCUT2D eigenvalue weighted by Gasteiger charge is 2.12. The Labute approximate surface area is 109 Å². The molecule has 0 radical (unpaired) electrons. The Bertz CT molecular complexity index is 554. The van der Waals surface area contributed by atoms with E-state index in [1.807, 2.05) is 6.07 Å². The van der Waals surface area contributed by atoms with Gasteiger partial charge in [-0.15, -0.1) is 0 Å². The van der Waals surface area contributed by atoms with Crippen molar-refractivity contribution in [3.8, 4) is 0 Å². The van der Waals surface area contributed by atoms with E-state index in [0.717, 1.165) is 5.76 Å². The van der Waals surface area contributed by atoms with Gasteiger partial charge in [0.05, 0.1) is 23.4 Å². The van der Waals surface area contributed by atoms with Crippen molar-refractivity contribution in [1.29, 1.82) is 0 Å². The molecule has 2 aromatic heterocycles. The molecule has 2 rings (SSSR count). The number of nitrogens with zero attached hydrogens (tertiary/aromatic N) is 2. The van der Waals surface area contributed by atoms with Gasteiger partial charge in [-0.3, -0.25) is 0 Å². The second-order valence-corrected chi connectivity index (χ2v) is 4.18. The molecule has 0 aliphatic heterocycles. The second kappa shape index (κ2) is 5.10. The minimum absolute atomic E-state index is 0.0650. The number of carboxylic acid groups (broad SMARTS) is 1. The number of hydrogen-bond donors (Lipinski definition) is 1. The fourth-order valence-electron chi connectivity index (χ4n) is 1.54. The fraction of sp³-hybridized carbons (Fsp3) is 0.167. The van der Waals surface area contributed by atoms with Crippen molar-refractivity contribution in [2.24, 2.45) is 0 Å². The molecule has 18 heavy (non-hydrogen) atoms. The van der Waals surface area contributed by atoms with Gasteiger partial charge in [0, 0.05) is 13.2 Å². The van der Waals surface area contributed by atoms with Crippen LogP contribution in [0.4, 0.5) is 5.82 Å². The predicted molar refractivity (Wildman–Crippen MR) is 67.0 cm³/mol. The average Bonchev–Trinajstić information content (AvgIpc) is 2.81. The number of furan rings is 1. The number of hydrogen-bond acceptors (Lipinski definition) is 4. The Morgan fingerprint density at radius 2 is 2.39 bits per heavy atom. The van der Waals surface area contributed by atoms with E-state index >= 15 is 0 Å². The van der Waals surface area contributed by atoms with E-state index in [-0.39, 0.29) is 5.56 Å². The molecule has 0 saturated carbocycles. The Morgan fingerprint density at radius 3 is 2.94 bits per heavy atom. The molecule has 0 amide bonds. The number of anilines is 1. The van der Waals surface area contributed by atoms with Gasteiger partial charge in [-0.05, 0) is 18.2 Å². The van der Waals surface area contributed by atoms with E-state index in [2.05, 4.69) is 4.98 Å². The maximum Gasteiger partial charge on any atom is 0.337 e. The van der Waals surface area contributed by atoms with Crippen LogP contribution in [0.3, 0.4) is 0 Å². The Kier molecular flexibility index (Phi) is 3.53. The van der Waals surface area contributed by atoms with Gasteiger partial charge in [-0.2, -0.15) is 0 Å². The van der Waals surface area contributed by atoms with Crippen LogP contribution in [0.25, 0.3) is 0 Å². The van der Waals surface area contributed by atoms with E-state index in [1.165, 1.54) is 12.3 Å². The zero-order chi connectivity index (χ0) is 13.1. The lowest BCUT2D eigenvalue weighted by molar-refractivity contribution is 0.0696. The second-order valence-electron chi connectivity index (χ2n) is 3.77. The van der Waals surface area contributed by atoms with Crippen LogP contribution in [0.15, 0.2) is 35.1 Å². The van der Waals surface area contributed by atoms with E-state index in [1.54, 1.807) is 24.3 Å². The Balaban J connectivity index is 2.20. The van der Waals surface area contributed by atoms with Crippen molar-refractivity contribution in [3.05, 3.63) is 47.0 Å². The molecule has 0 fully saturated rings. The molecule has 6 heteroatoms. The Hall–Kier alpha value is -2.01. The van der Waals surface area contributed by atoms with Crippen molar-refractivity contribution >= 4 is 23.4 Å². The first-order valence-corrected chi connectivity index (χ1v) is 5.58. The molecule has 0 aromatic carbocycles. The maximum absolute atomic E-state index is 10.8. The standard InChI is InChI=1S/C12H11ClN2O3/c1-15(7-9-3-2-4-18-9)11-10(13)5-8(6-14-11)12(16)17/h2-6H,7H2,1H3,(H,16,17). The summed E-state index contributed by atoms with van der Waals surface area (Å²) in [5.74, 6) is 0.236. The zero-order valence-corrected chi connectivity index (χ0v) is 10.4. The highest BCUT2D eigenvalue weighted by molar-refractivity contribution is 6.33. The molecule has 2 aromatic rings. The van der Waals surface area contributed by atoms with Gasteiger partial charge in [-0.1, -0.05) is 11.6 Å². The average molecular weight is 267 g/mol. The van der Waals surface area contributed by atoms with Gasteiger partial charge < -0.3 is 14.4 Å². The molecule has 5 nitrogen and oxygen atoms in total. The topological polar surface area (TPSA) is 66.6 Å². The first-order valence-electron chi connectivity index (χ1n) is 5.20.